The van der Waals surface area contributed by atoms with E-state index < -0.39 is 0 Å². The summed E-state index contributed by atoms with van der Waals surface area (Å²) in [6, 6.07) is 13.3. The number of nitrogens with zero attached hydrogens (tertiary/aromatic N) is 4. The Bertz CT molecular complexity index is 1060. The Morgan fingerprint density at radius 3 is 2.96 bits per heavy atom. The maximum Gasteiger partial charge on any atom is 0.290 e. The predicted octanol–water partition coefficient (Wildman–Crippen LogP) is 3.77. The van der Waals surface area contributed by atoms with Gasteiger partial charge in [-0.15, -0.1) is 0 Å². The van der Waals surface area contributed by atoms with Crippen molar-refractivity contribution in [3.8, 4) is 0 Å². The maximum atomic E-state index is 13.2. The van der Waals surface area contributed by atoms with E-state index >= 15 is 0 Å². The van der Waals surface area contributed by atoms with E-state index in [1.54, 1.807) is 16.9 Å². The van der Waals surface area contributed by atoms with Gasteiger partial charge in [0.25, 0.3) is 5.91 Å². The Balaban J connectivity index is 1.40. The molecule has 1 aromatic carbocycles. The van der Waals surface area contributed by atoms with Crippen molar-refractivity contribution in [2.45, 2.75) is 31.8 Å². The van der Waals surface area contributed by atoms with Gasteiger partial charge >= 0.3 is 0 Å². The first-order valence-electron chi connectivity index (χ1n) is 9.60. The number of nitrogens with one attached hydrogen (secondary N) is 1. The molecule has 1 N–H and O–H groups in total. The molecule has 1 aliphatic heterocycles. The van der Waals surface area contributed by atoms with E-state index in [2.05, 4.69) is 10.1 Å². The number of fused-ring (bicyclic) bond motifs is 1. The van der Waals surface area contributed by atoms with Gasteiger partial charge in [0.2, 0.25) is 0 Å². The van der Waals surface area contributed by atoms with Crippen LogP contribution in [0.1, 0.15) is 47.4 Å². The number of furan rings is 1. The number of aromatic amines is 1. The second-order valence-electron chi connectivity index (χ2n) is 7.12. The molecule has 4 aromatic rings. The Morgan fingerprint density at radius 1 is 1.18 bits per heavy atom. The molecule has 0 saturated carbocycles. The molecule has 1 amide bonds. The van der Waals surface area contributed by atoms with Crippen molar-refractivity contribution in [3.63, 3.8) is 0 Å². The normalized spacial score (nSPS) is 17.3. The molecule has 1 saturated heterocycles. The third-order valence-corrected chi connectivity index (χ3v) is 5.24. The molecule has 5 rings (SSSR count). The van der Waals surface area contributed by atoms with Crippen LogP contribution in [0.25, 0.3) is 11.0 Å². The number of rotatable bonds is 4. The van der Waals surface area contributed by atoms with Crippen LogP contribution in [0, 0.1) is 0 Å². The SMILES string of the molecule is O=C(c1ccc(Cn2cccn2)o1)N1CCCCC1c1nc2ccccc2[nH]1. The van der Waals surface area contributed by atoms with E-state index in [1.807, 2.05) is 47.5 Å². The smallest absolute Gasteiger partial charge is 0.290 e. The van der Waals surface area contributed by atoms with Crippen LogP contribution in [0.5, 0.6) is 0 Å². The fourth-order valence-electron chi connectivity index (χ4n) is 3.86. The van der Waals surface area contributed by atoms with Gasteiger partial charge in [-0.05, 0) is 49.6 Å². The van der Waals surface area contributed by atoms with Crippen LogP contribution in [0.2, 0.25) is 0 Å². The summed E-state index contributed by atoms with van der Waals surface area (Å²) in [6.45, 7) is 1.21. The number of amides is 1. The molecule has 1 unspecified atom stereocenters. The molecule has 1 atom stereocenters. The molecule has 142 valence electrons. The lowest BCUT2D eigenvalue weighted by Crippen LogP contribution is -2.38. The largest absolute Gasteiger partial charge is 0.454 e. The zero-order valence-electron chi connectivity index (χ0n) is 15.4. The third kappa shape index (κ3) is 3.09. The molecule has 7 nitrogen and oxygen atoms in total. The van der Waals surface area contributed by atoms with Gasteiger partial charge < -0.3 is 14.3 Å². The molecule has 28 heavy (non-hydrogen) atoms. The molecule has 0 aliphatic carbocycles. The lowest BCUT2D eigenvalue weighted by molar-refractivity contribution is 0.0566. The molecule has 1 fully saturated rings. The molecule has 1 aliphatic rings. The lowest BCUT2D eigenvalue weighted by Gasteiger charge is -2.33. The Labute approximate surface area is 162 Å². The molecular formula is C21H21N5O2. The first-order valence-corrected chi connectivity index (χ1v) is 9.60. The lowest BCUT2D eigenvalue weighted by atomic mass is 10.0. The number of likely N-dealkylation sites (tertiary alicyclic amines) is 1. The fourth-order valence-corrected chi connectivity index (χ4v) is 3.86. The van der Waals surface area contributed by atoms with E-state index in [0.717, 1.165) is 36.1 Å². The second kappa shape index (κ2) is 6.99. The fraction of sp³-hybridized carbons (Fsp3) is 0.286. The summed E-state index contributed by atoms with van der Waals surface area (Å²) in [5.41, 5.74) is 1.92. The maximum absolute atomic E-state index is 13.2. The van der Waals surface area contributed by atoms with Crippen LogP contribution in [0.4, 0.5) is 0 Å². The van der Waals surface area contributed by atoms with E-state index in [-0.39, 0.29) is 11.9 Å². The number of aromatic nitrogens is 4. The predicted molar refractivity (Wildman–Crippen MR) is 104 cm³/mol. The summed E-state index contributed by atoms with van der Waals surface area (Å²) < 4.78 is 7.60. The highest BCUT2D eigenvalue weighted by Crippen LogP contribution is 2.32. The topological polar surface area (TPSA) is 79.9 Å². The quantitative estimate of drug-likeness (QED) is 0.589. The van der Waals surface area contributed by atoms with Crippen molar-refractivity contribution in [3.05, 3.63) is 72.2 Å². The summed E-state index contributed by atoms with van der Waals surface area (Å²) in [4.78, 5) is 23.2. The molecule has 3 aromatic heterocycles. The summed E-state index contributed by atoms with van der Waals surface area (Å²) in [6.07, 6.45) is 6.55. The summed E-state index contributed by atoms with van der Waals surface area (Å²) in [5, 5.41) is 4.18. The van der Waals surface area contributed by atoms with E-state index in [9.17, 15) is 4.79 Å². The molecular weight excluding hydrogens is 354 g/mol. The van der Waals surface area contributed by atoms with Gasteiger partial charge in [0.15, 0.2) is 5.76 Å². The highest BCUT2D eigenvalue weighted by atomic mass is 16.4. The van der Waals surface area contributed by atoms with Crippen molar-refractivity contribution in [2.75, 3.05) is 6.54 Å². The molecule has 7 heteroatoms. The molecule has 0 radical (unpaired) electrons. The van der Waals surface area contributed by atoms with E-state index in [0.29, 0.717) is 24.6 Å². The average molecular weight is 375 g/mol. The number of benzene rings is 1. The minimum absolute atomic E-state index is 0.0617. The van der Waals surface area contributed by atoms with Crippen LogP contribution in [-0.2, 0) is 6.54 Å². The second-order valence-corrected chi connectivity index (χ2v) is 7.12. The first-order chi connectivity index (χ1) is 13.8. The number of carbonyl (C=O) groups is 1. The summed E-state index contributed by atoms with van der Waals surface area (Å²) in [5.74, 6) is 1.84. The Kier molecular flexibility index (Phi) is 4.20. The first kappa shape index (κ1) is 16.8. The Morgan fingerprint density at radius 2 is 2.11 bits per heavy atom. The van der Waals surface area contributed by atoms with Gasteiger partial charge in [0.1, 0.15) is 11.6 Å². The number of hydrogen-bond donors (Lipinski definition) is 1. The van der Waals surface area contributed by atoms with E-state index in [4.69, 9.17) is 9.40 Å². The van der Waals surface area contributed by atoms with Crippen LogP contribution in [0.3, 0.4) is 0 Å². The van der Waals surface area contributed by atoms with Gasteiger partial charge in [0.05, 0.1) is 23.6 Å². The summed E-state index contributed by atoms with van der Waals surface area (Å²) >= 11 is 0. The molecule has 0 spiro atoms. The third-order valence-electron chi connectivity index (χ3n) is 5.24. The van der Waals surface area contributed by atoms with Crippen molar-refractivity contribution >= 4 is 16.9 Å². The molecule has 4 heterocycles. The van der Waals surface area contributed by atoms with Gasteiger partial charge in [-0.1, -0.05) is 12.1 Å². The number of hydrogen-bond acceptors (Lipinski definition) is 4. The van der Waals surface area contributed by atoms with Gasteiger partial charge in [-0.25, -0.2) is 4.98 Å². The van der Waals surface area contributed by atoms with Crippen LogP contribution in [-0.4, -0.2) is 37.1 Å². The van der Waals surface area contributed by atoms with Crippen molar-refractivity contribution in [1.29, 1.82) is 0 Å². The Hall–Kier alpha value is -3.35. The minimum atomic E-state index is -0.0862. The van der Waals surface area contributed by atoms with Crippen LogP contribution >= 0.6 is 0 Å². The van der Waals surface area contributed by atoms with E-state index in [1.165, 1.54) is 0 Å². The van der Waals surface area contributed by atoms with Crippen LogP contribution in [0.15, 0.2) is 59.3 Å². The highest BCUT2D eigenvalue weighted by molar-refractivity contribution is 5.92. The number of para-hydroxylation sites is 2. The van der Waals surface area contributed by atoms with Gasteiger partial charge in [0, 0.05) is 18.9 Å². The van der Waals surface area contributed by atoms with Crippen LogP contribution < -0.4 is 0 Å². The average Bonchev–Trinajstić information content (AvgIpc) is 3.48. The summed E-state index contributed by atoms with van der Waals surface area (Å²) in [7, 11) is 0. The van der Waals surface area contributed by atoms with Gasteiger partial charge in [-0.3, -0.25) is 9.48 Å². The standard InChI is InChI=1S/C21H21N5O2/c27-21(19-10-9-15(28-19)14-25-12-5-11-22-25)26-13-4-3-8-18(26)20-23-16-6-1-2-7-17(16)24-20/h1-2,5-7,9-12,18H,3-4,8,13-14H2,(H,23,24). The van der Waals surface area contributed by atoms with Crippen molar-refractivity contribution in [1.82, 2.24) is 24.6 Å². The van der Waals surface area contributed by atoms with Crippen molar-refractivity contribution < 1.29 is 9.21 Å². The number of imidazole rings is 1. The number of carbonyl (C=O) groups excluding carboxylic acids is 1. The number of H-pyrrole nitrogens is 1. The molecule has 0 bridgehead atoms. The minimum Gasteiger partial charge on any atom is -0.454 e. The monoisotopic (exact) mass is 375 g/mol. The van der Waals surface area contributed by atoms with Crippen molar-refractivity contribution in [2.24, 2.45) is 0 Å². The zero-order chi connectivity index (χ0) is 18.9. The van der Waals surface area contributed by atoms with Gasteiger partial charge in [-0.2, -0.15) is 5.10 Å². The zero-order valence-corrected chi connectivity index (χ0v) is 15.4. The number of piperidine rings is 1. The highest BCUT2D eigenvalue weighted by Gasteiger charge is 2.32.